The maximum absolute atomic E-state index is 13.3. The summed E-state index contributed by atoms with van der Waals surface area (Å²) in [6.07, 6.45) is -2.88. The second-order valence-corrected chi connectivity index (χ2v) is 5.27. The molecule has 0 aliphatic carbocycles. The van der Waals surface area contributed by atoms with Crippen LogP contribution in [0, 0.1) is 0 Å². The molecule has 2 rings (SSSR count). The van der Waals surface area contributed by atoms with Gasteiger partial charge in [-0.2, -0.15) is 13.2 Å². The van der Waals surface area contributed by atoms with Gasteiger partial charge in [-0.15, -0.1) is 0 Å². The topological polar surface area (TPSA) is 72.8 Å². The number of nitrogens with one attached hydrogen (secondary N) is 1. The minimum absolute atomic E-state index is 0.104. The first-order valence-corrected chi connectivity index (χ1v) is 7.10. The first-order valence-electron chi connectivity index (χ1n) is 7.10. The van der Waals surface area contributed by atoms with E-state index in [0.717, 1.165) is 6.42 Å². The second-order valence-electron chi connectivity index (χ2n) is 5.27. The molecule has 0 radical (unpaired) electrons. The maximum Gasteiger partial charge on any atom is 0.442 e. The molecule has 0 unspecified atom stereocenters. The van der Waals surface area contributed by atoms with Crippen LogP contribution in [0.15, 0.2) is 36.0 Å². The highest BCUT2D eigenvalue weighted by molar-refractivity contribution is 5.97. The molecule has 23 heavy (non-hydrogen) atoms. The Morgan fingerprint density at radius 1 is 1.35 bits per heavy atom. The Morgan fingerprint density at radius 2 is 2.00 bits per heavy atom. The lowest BCUT2D eigenvalue weighted by Crippen LogP contribution is -2.60. The molecular formula is C15H17F3N2O3. The van der Waals surface area contributed by atoms with E-state index in [1.165, 1.54) is 24.3 Å². The highest BCUT2D eigenvalue weighted by Crippen LogP contribution is 2.39. The summed E-state index contributed by atoms with van der Waals surface area (Å²) in [5, 5.41) is 19.8. The molecule has 1 aliphatic heterocycles. The van der Waals surface area contributed by atoms with Gasteiger partial charge in [-0.25, -0.2) is 5.01 Å². The third-order valence-corrected chi connectivity index (χ3v) is 3.53. The number of para-hydroxylation sites is 1. The van der Waals surface area contributed by atoms with Crippen molar-refractivity contribution in [2.45, 2.75) is 38.1 Å². The number of phenolic OH excluding ortho intramolecular Hbond substituents is 1. The van der Waals surface area contributed by atoms with Crippen molar-refractivity contribution in [3.05, 3.63) is 41.6 Å². The number of halogens is 3. The first kappa shape index (κ1) is 17.1. The van der Waals surface area contributed by atoms with Gasteiger partial charge < -0.3 is 10.2 Å². The molecule has 0 saturated heterocycles. The minimum atomic E-state index is -5.09. The van der Waals surface area contributed by atoms with E-state index in [1.54, 1.807) is 0 Å². The number of hydrogen-bond acceptors (Lipinski definition) is 4. The lowest BCUT2D eigenvalue weighted by Gasteiger charge is -2.33. The van der Waals surface area contributed by atoms with E-state index in [9.17, 15) is 28.2 Å². The van der Waals surface area contributed by atoms with Crippen molar-refractivity contribution in [1.29, 1.82) is 0 Å². The van der Waals surface area contributed by atoms with Gasteiger partial charge in [0.25, 0.3) is 11.6 Å². The number of phenols is 1. The molecule has 3 N–H and O–H groups in total. The van der Waals surface area contributed by atoms with Crippen molar-refractivity contribution < 1.29 is 28.2 Å². The molecule has 1 atom stereocenters. The monoisotopic (exact) mass is 330 g/mol. The number of aliphatic hydroxyl groups is 1. The maximum atomic E-state index is 13.3. The van der Waals surface area contributed by atoms with E-state index < -0.39 is 23.6 Å². The number of carbonyl (C=O) groups is 1. The number of amides is 1. The Kier molecular flexibility index (Phi) is 4.56. The molecule has 0 aromatic heterocycles. The summed E-state index contributed by atoms with van der Waals surface area (Å²) in [4.78, 5) is 12.4. The molecule has 0 bridgehead atoms. The van der Waals surface area contributed by atoms with Crippen LogP contribution < -0.4 is 5.43 Å². The van der Waals surface area contributed by atoms with Crippen LogP contribution in [0.2, 0.25) is 0 Å². The molecule has 1 aromatic rings. The fraction of sp³-hybridized carbons (Fsp3) is 0.400. The summed E-state index contributed by atoms with van der Waals surface area (Å²) < 4.78 is 39.8. The number of aromatic hydroxyl groups is 1. The van der Waals surface area contributed by atoms with E-state index in [1.807, 2.05) is 6.92 Å². The smallest absolute Gasteiger partial charge is 0.442 e. The number of allylic oxidation sites excluding steroid dienone is 1. The molecular weight excluding hydrogens is 313 g/mol. The molecule has 1 aliphatic rings. The second kappa shape index (κ2) is 6.11. The average Bonchev–Trinajstić information content (AvgIpc) is 2.83. The van der Waals surface area contributed by atoms with Gasteiger partial charge in [0.05, 0.1) is 5.56 Å². The number of benzene rings is 1. The zero-order valence-electron chi connectivity index (χ0n) is 12.4. The summed E-state index contributed by atoms with van der Waals surface area (Å²) in [6, 6.07) is 5.20. The SMILES string of the molecule is CCCCC1=C[C@](O)(C(F)(F)F)N(C(=O)c2ccccc2O)N1. The van der Waals surface area contributed by atoms with Crippen LogP contribution in [0.5, 0.6) is 5.75 Å². The van der Waals surface area contributed by atoms with Crippen LogP contribution in [0.25, 0.3) is 0 Å². The van der Waals surface area contributed by atoms with E-state index in [2.05, 4.69) is 5.43 Å². The van der Waals surface area contributed by atoms with Crippen LogP contribution in [0.4, 0.5) is 13.2 Å². The van der Waals surface area contributed by atoms with Crippen LogP contribution >= 0.6 is 0 Å². The molecule has 8 heteroatoms. The molecule has 1 amide bonds. The Balaban J connectivity index is 2.37. The highest BCUT2D eigenvalue weighted by atomic mass is 19.4. The van der Waals surface area contributed by atoms with Gasteiger partial charge in [-0.05, 0) is 31.1 Å². The minimum Gasteiger partial charge on any atom is -0.507 e. The van der Waals surface area contributed by atoms with Gasteiger partial charge in [-0.1, -0.05) is 25.5 Å². The highest BCUT2D eigenvalue weighted by Gasteiger charge is 2.61. The lowest BCUT2D eigenvalue weighted by atomic mass is 10.1. The van der Waals surface area contributed by atoms with Crippen LogP contribution in [0.3, 0.4) is 0 Å². The van der Waals surface area contributed by atoms with Crippen molar-refractivity contribution >= 4 is 5.91 Å². The summed E-state index contributed by atoms with van der Waals surface area (Å²) >= 11 is 0. The Hall–Kier alpha value is -2.22. The standard InChI is InChI=1S/C15H17F3N2O3/c1-2-3-6-10-9-14(23,15(16,17)18)20(19-10)13(22)11-7-4-5-8-12(11)21/h4-5,7-9,19,21,23H,2-3,6H2,1H3/t14-/m0/s1. The predicted octanol–water partition coefficient (Wildman–Crippen LogP) is 2.68. The van der Waals surface area contributed by atoms with Gasteiger partial charge in [0, 0.05) is 5.70 Å². The fourth-order valence-corrected chi connectivity index (χ4v) is 2.25. The normalized spacial score (nSPS) is 21.1. The van der Waals surface area contributed by atoms with Crippen LogP contribution in [-0.4, -0.2) is 33.0 Å². The van der Waals surface area contributed by atoms with Crippen molar-refractivity contribution in [2.75, 3.05) is 0 Å². The van der Waals surface area contributed by atoms with Gasteiger partial charge >= 0.3 is 6.18 Å². The molecule has 0 fully saturated rings. The first-order chi connectivity index (χ1) is 10.7. The van der Waals surface area contributed by atoms with Crippen LogP contribution in [0.1, 0.15) is 36.5 Å². The molecule has 0 spiro atoms. The molecule has 126 valence electrons. The molecule has 5 nitrogen and oxygen atoms in total. The fourth-order valence-electron chi connectivity index (χ4n) is 2.25. The molecule has 1 aromatic carbocycles. The summed E-state index contributed by atoms with van der Waals surface area (Å²) in [5.41, 5.74) is -1.38. The van der Waals surface area contributed by atoms with Crippen molar-refractivity contribution in [1.82, 2.24) is 10.4 Å². The number of hydrogen-bond donors (Lipinski definition) is 3. The third-order valence-electron chi connectivity index (χ3n) is 3.53. The van der Waals surface area contributed by atoms with Gasteiger partial charge in [0.1, 0.15) is 5.75 Å². The Morgan fingerprint density at radius 3 is 2.57 bits per heavy atom. The predicted molar refractivity (Wildman–Crippen MR) is 76.0 cm³/mol. The number of rotatable bonds is 4. The average molecular weight is 330 g/mol. The van der Waals surface area contributed by atoms with Crippen molar-refractivity contribution in [3.63, 3.8) is 0 Å². The summed E-state index contributed by atoms with van der Waals surface area (Å²) in [6.45, 7) is 1.87. The quantitative estimate of drug-likeness (QED) is 0.794. The van der Waals surface area contributed by atoms with Crippen molar-refractivity contribution in [2.24, 2.45) is 0 Å². The summed E-state index contributed by atoms with van der Waals surface area (Å²) in [5.74, 6) is -1.64. The largest absolute Gasteiger partial charge is 0.507 e. The van der Waals surface area contributed by atoms with E-state index in [0.29, 0.717) is 12.5 Å². The third kappa shape index (κ3) is 3.12. The summed E-state index contributed by atoms with van der Waals surface area (Å²) in [7, 11) is 0. The number of unbranched alkanes of at least 4 members (excludes halogenated alkanes) is 1. The number of nitrogens with zero attached hydrogens (tertiary/aromatic N) is 1. The number of carbonyl (C=O) groups excluding carboxylic acids is 1. The van der Waals surface area contributed by atoms with Crippen LogP contribution in [-0.2, 0) is 0 Å². The zero-order valence-corrected chi connectivity index (χ0v) is 12.4. The number of hydrazine groups is 1. The van der Waals surface area contributed by atoms with Gasteiger partial charge in [-0.3, -0.25) is 10.2 Å². The van der Waals surface area contributed by atoms with E-state index in [4.69, 9.17) is 0 Å². The lowest BCUT2D eigenvalue weighted by molar-refractivity contribution is -0.283. The zero-order chi connectivity index (χ0) is 17.3. The van der Waals surface area contributed by atoms with Gasteiger partial charge in [0.2, 0.25) is 0 Å². The van der Waals surface area contributed by atoms with Gasteiger partial charge in [0.15, 0.2) is 0 Å². The Bertz CT molecular complexity index is 631. The molecule has 1 heterocycles. The van der Waals surface area contributed by atoms with Crippen molar-refractivity contribution in [3.8, 4) is 5.75 Å². The number of alkyl halides is 3. The van der Waals surface area contributed by atoms with E-state index in [-0.39, 0.29) is 22.7 Å². The Labute approximate surface area is 131 Å². The van der Waals surface area contributed by atoms with E-state index >= 15 is 0 Å². The molecule has 0 saturated carbocycles.